The molecule has 3 aromatic heterocycles. The first-order chi connectivity index (χ1) is 13.6. The first-order valence-electron chi connectivity index (χ1n) is 8.89. The molecule has 1 N–H and O–H groups in total. The zero-order valence-corrected chi connectivity index (χ0v) is 15.2. The summed E-state index contributed by atoms with van der Waals surface area (Å²) in [5.74, 6) is -0.566. The third kappa shape index (κ3) is 3.62. The molecule has 0 spiro atoms. The first kappa shape index (κ1) is 17.8. The number of amides is 1. The predicted octanol–water partition coefficient (Wildman–Crippen LogP) is 3.35. The summed E-state index contributed by atoms with van der Waals surface area (Å²) in [5, 5.41) is 7.44. The highest BCUT2D eigenvalue weighted by Gasteiger charge is 2.19. The SMILES string of the molecule is Cc1noc2nc(-c3ccc(F)cc3)cc(C(=O)NCCCn3ccnc3)c12. The first-order valence-corrected chi connectivity index (χ1v) is 8.89. The van der Waals surface area contributed by atoms with Crippen molar-refractivity contribution in [3.05, 3.63) is 66.1 Å². The third-order valence-corrected chi connectivity index (χ3v) is 4.44. The lowest BCUT2D eigenvalue weighted by Gasteiger charge is -2.09. The third-order valence-electron chi connectivity index (χ3n) is 4.44. The quantitative estimate of drug-likeness (QED) is 0.519. The fourth-order valence-electron chi connectivity index (χ4n) is 3.02. The Balaban J connectivity index is 1.58. The highest BCUT2D eigenvalue weighted by atomic mass is 19.1. The Morgan fingerprint density at radius 1 is 1.29 bits per heavy atom. The molecule has 0 aliphatic heterocycles. The molecule has 1 amide bonds. The lowest BCUT2D eigenvalue weighted by Crippen LogP contribution is -2.25. The predicted molar refractivity (Wildman–Crippen MR) is 101 cm³/mol. The van der Waals surface area contributed by atoms with Gasteiger partial charge in [0.25, 0.3) is 11.6 Å². The molecule has 0 radical (unpaired) electrons. The summed E-state index contributed by atoms with van der Waals surface area (Å²) in [6, 6.07) is 7.61. The molecule has 0 aliphatic carbocycles. The fraction of sp³-hybridized carbons (Fsp3) is 0.200. The van der Waals surface area contributed by atoms with Crippen molar-refractivity contribution in [2.45, 2.75) is 19.9 Å². The zero-order valence-electron chi connectivity index (χ0n) is 15.2. The van der Waals surface area contributed by atoms with Crippen LogP contribution in [0.1, 0.15) is 22.5 Å². The van der Waals surface area contributed by atoms with Crippen LogP contribution in [0.5, 0.6) is 0 Å². The summed E-state index contributed by atoms with van der Waals surface area (Å²) < 4.78 is 20.4. The van der Waals surface area contributed by atoms with Crippen molar-refractivity contribution in [3.8, 4) is 11.3 Å². The molecular weight excluding hydrogens is 361 g/mol. The van der Waals surface area contributed by atoms with Gasteiger partial charge in [-0.3, -0.25) is 4.79 Å². The van der Waals surface area contributed by atoms with Gasteiger partial charge in [0.05, 0.1) is 28.7 Å². The van der Waals surface area contributed by atoms with Gasteiger partial charge in [-0.2, -0.15) is 0 Å². The van der Waals surface area contributed by atoms with E-state index in [9.17, 15) is 9.18 Å². The number of hydrogen-bond donors (Lipinski definition) is 1. The van der Waals surface area contributed by atoms with Gasteiger partial charge in [0.2, 0.25) is 0 Å². The average Bonchev–Trinajstić information content (AvgIpc) is 3.35. The van der Waals surface area contributed by atoms with Crippen molar-refractivity contribution < 1.29 is 13.7 Å². The summed E-state index contributed by atoms with van der Waals surface area (Å²) in [5.41, 5.74) is 2.52. The van der Waals surface area contributed by atoms with E-state index in [1.165, 1.54) is 12.1 Å². The highest BCUT2D eigenvalue weighted by Crippen LogP contribution is 2.27. The minimum absolute atomic E-state index is 0.229. The highest BCUT2D eigenvalue weighted by molar-refractivity contribution is 6.06. The van der Waals surface area contributed by atoms with Crippen molar-refractivity contribution in [1.29, 1.82) is 0 Å². The van der Waals surface area contributed by atoms with Gasteiger partial charge in [-0.25, -0.2) is 14.4 Å². The van der Waals surface area contributed by atoms with Crippen molar-refractivity contribution in [3.63, 3.8) is 0 Å². The van der Waals surface area contributed by atoms with Crippen molar-refractivity contribution in [2.75, 3.05) is 6.54 Å². The van der Waals surface area contributed by atoms with Gasteiger partial charge in [0, 0.05) is 31.0 Å². The van der Waals surface area contributed by atoms with E-state index in [4.69, 9.17) is 4.52 Å². The topological polar surface area (TPSA) is 85.8 Å². The second-order valence-electron chi connectivity index (χ2n) is 6.42. The van der Waals surface area contributed by atoms with E-state index < -0.39 is 0 Å². The van der Waals surface area contributed by atoms with Crippen LogP contribution in [0.4, 0.5) is 4.39 Å². The second-order valence-corrected chi connectivity index (χ2v) is 6.42. The van der Waals surface area contributed by atoms with Crippen LogP contribution in [0.2, 0.25) is 0 Å². The maximum atomic E-state index is 13.2. The molecule has 7 nitrogen and oxygen atoms in total. The lowest BCUT2D eigenvalue weighted by molar-refractivity contribution is 0.0954. The smallest absolute Gasteiger partial charge is 0.259 e. The van der Waals surface area contributed by atoms with Crippen molar-refractivity contribution in [2.24, 2.45) is 0 Å². The Labute approximate surface area is 160 Å². The number of imidazole rings is 1. The van der Waals surface area contributed by atoms with Gasteiger partial charge in [-0.05, 0) is 43.7 Å². The summed E-state index contributed by atoms with van der Waals surface area (Å²) in [7, 11) is 0. The van der Waals surface area contributed by atoms with E-state index in [0.29, 0.717) is 34.4 Å². The average molecular weight is 379 g/mol. The number of carbonyl (C=O) groups excluding carboxylic acids is 1. The van der Waals surface area contributed by atoms with Gasteiger partial charge >= 0.3 is 0 Å². The molecular formula is C20H18FN5O2. The molecule has 3 heterocycles. The molecule has 0 saturated carbocycles. The van der Waals surface area contributed by atoms with Crippen molar-refractivity contribution >= 4 is 17.0 Å². The van der Waals surface area contributed by atoms with Gasteiger partial charge in [0.15, 0.2) is 0 Å². The van der Waals surface area contributed by atoms with E-state index in [0.717, 1.165) is 13.0 Å². The Hall–Kier alpha value is -3.55. The number of carbonyl (C=O) groups is 1. The minimum Gasteiger partial charge on any atom is -0.352 e. The molecule has 1 aromatic carbocycles. The zero-order chi connectivity index (χ0) is 19.5. The van der Waals surface area contributed by atoms with E-state index in [2.05, 4.69) is 20.4 Å². The van der Waals surface area contributed by atoms with E-state index >= 15 is 0 Å². The van der Waals surface area contributed by atoms with Crippen LogP contribution in [0.15, 0.2) is 53.6 Å². The van der Waals surface area contributed by atoms with Crippen LogP contribution in [-0.2, 0) is 6.54 Å². The van der Waals surface area contributed by atoms with Gasteiger partial charge in [-0.1, -0.05) is 5.16 Å². The van der Waals surface area contributed by atoms with Gasteiger partial charge in [-0.15, -0.1) is 0 Å². The van der Waals surface area contributed by atoms with Crippen LogP contribution >= 0.6 is 0 Å². The molecule has 0 fully saturated rings. The maximum absolute atomic E-state index is 13.2. The van der Waals surface area contributed by atoms with E-state index in [1.807, 2.05) is 10.8 Å². The molecule has 0 saturated heterocycles. The van der Waals surface area contributed by atoms with Gasteiger partial charge in [0.1, 0.15) is 5.82 Å². The molecule has 4 aromatic rings. The van der Waals surface area contributed by atoms with Crippen LogP contribution in [0.25, 0.3) is 22.4 Å². The molecule has 0 bridgehead atoms. The molecule has 0 unspecified atom stereocenters. The number of benzene rings is 1. The summed E-state index contributed by atoms with van der Waals surface area (Å²) in [6.45, 7) is 3.04. The monoisotopic (exact) mass is 379 g/mol. The van der Waals surface area contributed by atoms with E-state index in [-0.39, 0.29) is 17.4 Å². The van der Waals surface area contributed by atoms with Gasteiger partial charge < -0.3 is 14.4 Å². The second kappa shape index (κ2) is 7.59. The Morgan fingerprint density at radius 2 is 2.11 bits per heavy atom. The number of nitrogens with zero attached hydrogens (tertiary/aromatic N) is 4. The Kier molecular flexibility index (Phi) is 4.84. The normalized spacial score (nSPS) is 11.1. The summed E-state index contributed by atoms with van der Waals surface area (Å²) >= 11 is 0. The van der Waals surface area contributed by atoms with Crippen LogP contribution in [0, 0.1) is 12.7 Å². The van der Waals surface area contributed by atoms with Crippen LogP contribution < -0.4 is 5.32 Å². The molecule has 4 rings (SSSR count). The number of nitrogens with one attached hydrogen (secondary N) is 1. The maximum Gasteiger partial charge on any atom is 0.259 e. The molecule has 8 heteroatoms. The number of pyridine rings is 1. The van der Waals surface area contributed by atoms with Crippen LogP contribution in [0.3, 0.4) is 0 Å². The Morgan fingerprint density at radius 3 is 2.86 bits per heavy atom. The number of fused-ring (bicyclic) bond motifs is 1. The number of hydrogen-bond acceptors (Lipinski definition) is 5. The summed E-state index contributed by atoms with van der Waals surface area (Å²) in [6.07, 6.45) is 6.11. The number of rotatable bonds is 6. The Bertz CT molecular complexity index is 1100. The largest absolute Gasteiger partial charge is 0.352 e. The lowest BCUT2D eigenvalue weighted by atomic mass is 10.0. The van der Waals surface area contributed by atoms with E-state index in [1.54, 1.807) is 37.6 Å². The van der Waals surface area contributed by atoms with Crippen LogP contribution in [-0.4, -0.2) is 32.1 Å². The fourth-order valence-corrected chi connectivity index (χ4v) is 3.02. The number of aryl methyl sites for hydroxylation is 2. The molecule has 142 valence electrons. The standard InChI is InChI=1S/C20H18FN5O2/c1-13-18-16(19(27)23-7-2-9-26-10-8-22-12-26)11-17(24-20(18)28-25-13)14-3-5-15(21)6-4-14/h3-6,8,10-12H,2,7,9H2,1H3,(H,23,27). The molecule has 28 heavy (non-hydrogen) atoms. The molecule has 0 atom stereocenters. The summed E-state index contributed by atoms with van der Waals surface area (Å²) in [4.78, 5) is 21.2. The number of halogens is 1. The van der Waals surface area contributed by atoms with Crippen molar-refractivity contribution in [1.82, 2.24) is 25.0 Å². The minimum atomic E-state index is -0.337. The molecule has 0 aliphatic rings. The number of aromatic nitrogens is 4.